The van der Waals surface area contributed by atoms with E-state index in [0.717, 1.165) is 21.9 Å². The number of aryl methyl sites for hydroxylation is 1. The number of rotatable bonds is 6. The average Bonchev–Trinajstić information content (AvgIpc) is 3.29. The molecule has 0 spiro atoms. The normalized spacial score (nSPS) is 15.2. The molecule has 1 amide bonds. The van der Waals surface area contributed by atoms with Crippen molar-refractivity contribution in [2.45, 2.75) is 51.5 Å². The van der Waals surface area contributed by atoms with Gasteiger partial charge in [0.15, 0.2) is 0 Å². The Morgan fingerprint density at radius 3 is 2.89 bits per heavy atom. The van der Waals surface area contributed by atoms with Crippen molar-refractivity contribution in [2.75, 3.05) is 19.0 Å². The Bertz CT molecular complexity index is 974. The molecule has 0 atom stereocenters. The topological polar surface area (TPSA) is 81.9 Å². The summed E-state index contributed by atoms with van der Waals surface area (Å²) < 4.78 is 7.39. The lowest BCUT2D eigenvalue weighted by Gasteiger charge is -2.25. The van der Waals surface area contributed by atoms with E-state index in [9.17, 15) is 4.79 Å². The number of amides is 1. The minimum atomic E-state index is -0.193. The van der Waals surface area contributed by atoms with Crippen LogP contribution in [-0.4, -0.2) is 39.4 Å². The van der Waals surface area contributed by atoms with Crippen molar-refractivity contribution in [2.24, 2.45) is 0 Å². The van der Waals surface area contributed by atoms with E-state index in [1.807, 2.05) is 18.2 Å². The molecule has 1 aliphatic carbocycles. The van der Waals surface area contributed by atoms with Crippen molar-refractivity contribution in [3.05, 3.63) is 34.6 Å². The number of carbonyl (C=O) groups excluding carboxylic acids is 1. The van der Waals surface area contributed by atoms with E-state index in [4.69, 9.17) is 9.72 Å². The summed E-state index contributed by atoms with van der Waals surface area (Å²) >= 11 is 1.37. The van der Waals surface area contributed by atoms with E-state index in [0.29, 0.717) is 29.8 Å². The van der Waals surface area contributed by atoms with Crippen molar-refractivity contribution in [1.29, 1.82) is 0 Å². The summed E-state index contributed by atoms with van der Waals surface area (Å²) in [6.07, 6.45) is 6.98. The molecule has 148 valence electrons. The minimum absolute atomic E-state index is 0.193. The first-order chi connectivity index (χ1) is 13.7. The van der Waals surface area contributed by atoms with Gasteiger partial charge in [-0.15, -0.1) is 10.2 Å². The van der Waals surface area contributed by atoms with Gasteiger partial charge in [-0.1, -0.05) is 30.6 Å². The first-order valence-electron chi connectivity index (χ1n) is 9.77. The van der Waals surface area contributed by atoms with Crippen molar-refractivity contribution in [3.8, 4) is 0 Å². The largest absolute Gasteiger partial charge is 0.384 e. The van der Waals surface area contributed by atoms with Crippen LogP contribution in [0, 0.1) is 6.92 Å². The van der Waals surface area contributed by atoms with E-state index in [1.54, 1.807) is 7.11 Å². The van der Waals surface area contributed by atoms with Gasteiger partial charge in [-0.3, -0.25) is 10.1 Å². The van der Waals surface area contributed by atoms with Gasteiger partial charge in [-0.2, -0.15) is 0 Å². The van der Waals surface area contributed by atoms with Crippen LogP contribution in [0.3, 0.4) is 0 Å². The SMILES string of the molecule is COCCc1nnc(NC(=O)c2ccc3c(c2)nc(C)n3C2CCCCC2)s1. The lowest BCUT2D eigenvalue weighted by Crippen LogP contribution is -2.14. The van der Waals surface area contributed by atoms with E-state index >= 15 is 0 Å². The molecular weight excluding hydrogens is 374 g/mol. The Kier molecular flexibility index (Phi) is 5.68. The fourth-order valence-corrected chi connectivity index (χ4v) is 4.64. The molecule has 8 heteroatoms. The maximum absolute atomic E-state index is 12.6. The Hall–Kier alpha value is -2.32. The fourth-order valence-electron chi connectivity index (χ4n) is 3.92. The van der Waals surface area contributed by atoms with E-state index < -0.39 is 0 Å². The van der Waals surface area contributed by atoms with Crippen molar-refractivity contribution in [3.63, 3.8) is 0 Å². The highest BCUT2D eigenvalue weighted by Crippen LogP contribution is 2.32. The number of nitrogens with zero attached hydrogens (tertiary/aromatic N) is 4. The first kappa shape index (κ1) is 19.0. The highest BCUT2D eigenvalue weighted by molar-refractivity contribution is 7.15. The molecule has 4 rings (SSSR count). The molecule has 1 N–H and O–H groups in total. The molecule has 0 radical (unpaired) electrons. The number of hydrogen-bond acceptors (Lipinski definition) is 6. The smallest absolute Gasteiger partial charge is 0.257 e. The van der Waals surface area contributed by atoms with Crippen LogP contribution in [0.25, 0.3) is 11.0 Å². The van der Waals surface area contributed by atoms with Gasteiger partial charge in [0.25, 0.3) is 5.91 Å². The van der Waals surface area contributed by atoms with Crippen molar-refractivity contribution in [1.82, 2.24) is 19.7 Å². The second-order valence-electron chi connectivity index (χ2n) is 7.22. The van der Waals surface area contributed by atoms with Crippen LogP contribution in [0.2, 0.25) is 0 Å². The predicted molar refractivity (Wildman–Crippen MR) is 110 cm³/mol. The third kappa shape index (κ3) is 3.93. The number of aromatic nitrogens is 4. The molecule has 1 fully saturated rings. The first-order valence-corrected chi connectivity index (χ1v) is 10.6. The van der Waals surface area contributed by atoms with Crippen LogP contribution < -0.4 is 5.32 Å². The summed E-state index contributed by atoms with van der Waals surface area (Å²) in [5.74, 6) is 0.826. The summed E-state index contributed by atoms with van der Waals surface area (Å²) in [7, 11) is 1.65. The highest BCUT2D eigenvalue weighted by atomic mass is 32.1. The molecule has 0 aliphatic heterocycles. The minimum Gasteiger partial charge on any atom is -0.384 e. The number of imidazole rings is 1. The van der Waals surface area contributed by atoms with Gasteiger partial charge in [0, 0.05) is 25.1 Å². The van der Waals surface area contributed by atoms with Crippen molar-refractivity contribution < 1.29 is 9.53 Å². The molecule has 3 aromatic rings. The fraction of sp³-hybridized carbons (Fsp3) is 0.500. The number of fused-ring (bicyclic) bond motifs is 1. The Morgan fingerprint density at radius 2 is 2.11 bits per heavy atom. The van der Waals surface area contributed by atoms with Gasteiger partial charge in [-0.25, -0.2) is 4.98 Å². The van der Waals surface area contributed by atoms with Crippen LogP contribution in [0.5, 0.6) is 0 Å². The number of nitrogens with one attached hydrogen (secondary N) is 1. The van der Waals surface area contributed by atoms with E-state index in [1.165, 1.54) is 43.4 Å². The molecule has 1 saturated carbocycles. The molecule has 2 heterocycles. The summed E-state index contributed by atoms with van der Waals surface area (Å²) in [6, 6.07) is 6.27. The van der Waals surface area contributed by atoms with Crippen LogP contribution in [0.4, 0.5) is 5.13 Å². The quantitative estimate of drug-likeness (QED) is 0.673. The predicted octanol–water partition coefficient (Wildman–Crippen LogP) is 4.14. The lowest BCUT2D eigenvalue weighted by molar-refractivity contribution is 0.102. The zero-order valence-electron chi connectivity index (χ0n) is 16.3. The Balaban J connectivity index is 1.52. The molecular formula is C20H25N5O2S. The van der Waals surface area contributed by atoms with Gasteiger partial charge in [0.05, 0.1) is 17.6 Å². The molecule has 0 unspecified atom stereocenters. The van der Waals surface area contributed by atoms with Crippen LogP contribution >= 0.6 is 11.3 Å². The molecule has 7 nitrogen and oxygen atoms in total. The van der Waals surface area contributed by atoms with Gasteiger partial charge < -0.3 is 9.30 Å². The molecule has 0 bridgehead atoms. The van der Waals surface area contributed by atoms with Gasteiger partial charge in [0.1, 0.15) is 10.8 Å². The molecule has 1 aromatic carbocycles. The zero-order chi connectivity index (χ0) is 19.5. The second kappa shape index (κ2) is 8.36. The number of methoxy groups -OCH3 is 1. The number of anilines is 1. The second-order valence-corrected chi connectivity index (χ2v) is 8.28. The highest BCUT2D eigenvalue weighted by Gasteiger charge is 2.20. The number of carbonyl (C=O) groups is 1. The van der Waals surface area contributed by atoms with Gasteiger partial charge >= 0.3 is 0 Å². The summed E-state index contributed by atoms with van der Waals surface area (Å²) in [6.45, 7) is 2.64. The van der Waals surface area contributed by atoms with Crippen LogP contribution in [0.1, 0.15) is 59.3 Å². The Labute approximate surface area is 168 Å². The molecule has 0 saturated heterocycles. The van der Waals surface area contributed by atoms with Crippen LogP contribution in [-0.2, 0) is 11.2 Å². The maximum Gasteiger partial charge on any atom is 0.257 e. The van der Waals surface area contributed by atoms with Crippen molar-refractivity contribution >= 4 is 33.4 Å². The number of hydrogen-bond donors (Lipinski definition) is 1. The zero-order valence-corrected chi connectivity index (χ0v) is 17.1. The monoisotopic (exact) mass is 399 g/mol. The number of benzene rings is 1. The third-order valence-corrected chi connectivity index (χ3v) is 6.17. The maximum atomic E-state index is 12.6. The van der Waals surface area contributed by atoms with Crippen LogP contribution in [0.15, 0.2) is 18.2 Å². The number of ether oxygens (including phenoxy) is 1. The standard InChI is InChI=1S/C20H25N5O2S/c1-13-21-16-12-14(8-9-17(16)25(13)15-6-4-3-5-7-15)19(26)22-20-24-23-18(28-20)10-11-27-2/h8-9,12,15H,3-7,10-11H2,1-2H3,(H,22,24,26). The van der Waals surface area contributed by atoms with Gasteiger partial charge in [-0.05, 0) is 38.0 Å². The summed E-state index contributed by atoms with van der Waals surface area (Å²) in [4.78, 5) is 17.4. The van der Waals surface area contributed by atoms with Gasteiger partial charge in [0.2, 0.25) is 5.13 Å². The molecule has 1 aliphatic rings. The summed E-state index contributed by atoms with van der Waals surface area (Å²) in [5.41, 5.74) is 2.56. The average molecular weight is 400 g/mol. The third-order valence-electron chi connectivity index (χ3n) is 5.28. The molecule has 2 aromatic heterocycles. The van der Waals surface area contributed by atoms with E-state index in [2.05, 4.69) is 27.0 Å². The molecule has 28 heavy (non-hydrogen) atoms. The Morgan fingerprint density at radius 1 is 1.29 bits per heavy atom. The lowest BCUT2D eigenvalue weighted by atomic mass is 9.95. The van der Waals surface area contributed by atoms with E-state index in [-0.39, 0.29) is 5.91 Å². The summed E-state index contributed by atoms with van der Waals surface area (Å²) in [5, 5.41) is 12.3.